The molecule has 0 spiro atoms. The highest BCUT2D eigenvalue weighted by molar-refractivity contribution is 8.00. The van der Waals surface area contributed by atoms with Gasteiger partial charge in [-0.3, -0.25) is 4.79 Å². The van der Waals surface area contributed by atoms with Crippen LogP contribution >= 0.6 is 11.8 Å². The molecule has 1 atom stereocenters. The Kier molecular flexibility index (Phi) is 5.44. The first-order valence-corrected chi connectivity index (χ1v) is 9.64. The number of hydrogen-bond donors (Lipinski definition) is 1. The summed E-state index contributed by atoms with van der Waals surface area (Å²) >= 11 is 1.14. The van der Waals surface area contributed by atoms with Gasteiger partial charge in [0.1, 0.15) is 16.8 Å². The minimum Gasteiger partial charge on any atom is -0.469 e. The lowest BCUT2D eigenvalue weighted by Crippen LogP contribution is -2.19. The van der Waals surface area contributed by atoms with Crippen molar-refractivity contribution in [3.05, 3.63) is 84.1 Å². The van der Waals surface area contributed by atoms with Crippen molar-refractivity contribution >= 4 is 23.4 Å². The predicted octanol–water partition coefficient (Wildman–Crippen LogP) is 5.25. The molecule has 2 aromatic heterocycles. The summed E-state index contributed by atoms with van der Waals surface area (Å²) in [5.74, 6) is 0.334. The zero-order chi connectivity index (χ0) is 20.2. The van der Waals surface area contributed by atoms with Gasteiger partial charge >= 0.3 is 0 Å². The van der Waals surface area contributed by atoms with Gasteiger partial charge in [-0.2, -0.15) is 0 Å². The molecule has 8 heteroatoms. The lowest BCUT2D eigenvalue weighted by molar-refractivity contribution is -0.115. The number of anilines is 1. The van der Waals surface area contributed by atoms with Gasteiger partial charge in [-0.1, -0.05) is 30.3 Å². The summed E-state index contributed by atoms with van der Waals surface area (Å²) in [6, 6.07) is 16.6. The molecule has 0 saturated carbocycles. The Morgan fingerprint density at radius 2 is 1.83 bits per heavy atom. The lowest BCUT2D eigenvalue weighted by Gasteiger charge is -2.15. The fourth-order valence-electron chi connectivity index (χ4n) is 2.72. The van der Waals surface area contributed by atoms with Gasteiger partial charge in [0.2, 0.25) is 5.91 Å². The second-order valence-corrected chi connectivity index (χ2v) is 7.22. The van der Waals surface area contributed by atoms with Crippen molar-refractivity contribution in [3.63, 3.8) is 0 Å². The van der Waals surface area contributed by atoms with Crippen LogP contribution in [0.1, 0.15) is 16.6 Å². The van der Waals surface area contributed by atoms with E-state index in [4.69, 9.17) is 8.83 Å². The number of halogens is 1. The number of aryl methyl sites for hydroxylation is 1. The molecule has 0 aliphatic heterocycles. The summed E-state index contributed by atoms with van der Waals surface area (Å²) in [7, 11) is 0. The van der Waals surface area contributed by atoms with Gasteiger partial charge in [0.15, 0.2) is 0 Å². The van der Waals surface area contributed by atoms with E-state index in [1.54, 1.807) is 19.3 Å². The molecule has 1 unspecified atom stereocenters. The fourth-order valence-corrected chi connectivity index (χ4v) is 3.59. The molecule has 4 rings (SSSR count). The number of rotatable bonds is 6. The third kappa shape index (κ3) is 4.38. The number of hydrogen-bond acceptors (Lipinski definition) is 6. The number of furan rings is 1. The fraction of sp³-hybridized carbons (Fsp3) is 0.0952. The van der Waals surface area contributed by atoms with Gasteiger partial charge in [0.25, 0.3) is 11.1 Å². The molecular formula is C21H16FN3O3S. The number of thioether (sulfide) groups is 1. The van der Waals surface area contributed by atoms with Gasteiger partial charge < -0.3 is 14.2 Å². The van der Waals surface area contributed by atoms with Gasteiger partial charge in [0.05, 0.1) is 11.8 Å². The van der Waals surface area contributed by atoms with Crippen LogP contribution < -0.4 is 5.32 Å². The number of nitrogens with one attached hydrogen (secondary N) is 1. The molecule has 4 aromatic rings. The summed E-state index contributed by atoms with van der Waals surface area (Å²) in [4.78, 5) is 13.0. The number of carbonyl (C=O) groups is 1. The van der Waals surface area contributed by atoms with Crippen LogP contribution in [0, 0.1) is 12.7 Å². The third-order valence-electron chi connectivity index (χ3n) is 4.17. The monoisotopic (exact) mass is 409 g/mol. The standard InChI is InChI=1S/C21H16FN3O3S/c1-13-17(11-12-27-13)20-24-25-21(28-20)29-18(14-5-3-2-4-6-14)19(26)23-16-9-7-15(22)8-10-16/h2-12,18H,1H3,(H,23,26). The highest BCUT2D eigenvalue weighted by Crippen LogP contribution is 2.37. The number of amides is 1. The van der Waals surface area contributed by atoms with E-state index in [1.165, 1.54) is 24.3 Å². The normalized spacial score (nSPS) is 11.9. The summed E-state index contributed by atoms with van der Waals surface area (Å²) in [5.41, 5.74) is 1.98. The van der Waals surface area contributed by atoms with E-state index in [0.717, 1.165) is 17.3 Å². The summed E-state index contributed by atoms with van der Waals surface area (Å²) in [5, 5.41) is 10.5. The molecule has 0 fully saturated rings. The third-order valence-corrected chi connectivity index (χ3v) is 5.26. The highest BCUT2D eigenvalue weighted by Gasteiger charge is 2.25. The van der Waals surface area contributed by atoms with E-state index in [9.17, 15) is 9.18 Å². The molecule has 1 N–H and O–H groups in total. The minimum absolute atomic E-state index is 0.253. The van der Waals surface area contributed by atoms with Gasteiger partial charge in [-0.15, -0.1) is 10.2 Å². The van der Waals surface area contributed by atoms with E-state index >= 15 is 0 Å². The zero-order valence-corrected chi connectivity index (χ0v) is 16.2. The first kappa shape index (κ1) is 18.9. The molecule has 0 radical (unpaired) electrons. The SMILES string of the molecule is Cc1occc1-c1nnc(SC(C(=O)Nc2ccc(F)cc2)c2ccccc2)o1. The molecule has 0 bridgehead atoms. The molecule has 146 valence electrons. The zero-order valence-electron chi connectivity index (χ0n) is 15.3. The maximum Gasteiger partial charge on any atom is 0.277 e. The summed E-state index contributed by atoms with van der Waals surface area (Å²) < 4.78 is 24.1. The Morgan fingerprint density at radius 1 is 1.07 bits per heavy atom. The second kappa shape index (κ2) is 8.32. The Morgan fingerprint density at radius 3 is 2.52 bits per heavy atom. The van der Waals surface area contributed by atoms with Crippen LogP contribution in [-0.2, 0) is 4.79 Å². The number of carbonyl (C=O) groups excluding carboxylic acids is 1. The van der Waals surface area contributed by atoms with Gasteiger partial charge in [-0.05, 0) is 54.6 Å². The Balaban J connectivity index is 1.58. The van der Waals surface area contributed by atoms with Crippen molar-refractivity contribution in [2.45, 2.75) is 17.4 Å². The van der Waals surface area contributed by atoms with Crippen LogP contribution in [-0.4, -0.2) is 16.1 Å². The first-order valence-electron chi connectivity index (χ1n) is 8.76. The molecule has 1 amide bonds. The van der Waals surface area contributed by atoms with Crippen LogP contribution in [0.25, 0.3) is 11.5 Å². The highest BCUT2D eigenvalue weighted by atomic mass is 32.2. The van der Waals surface area contributed by atoms with Crippen molar-refractivity contribution in [1.82, 2.24) is 10.2 Å². The average molecular weight is 409 g/mol. The molecule has 6 nitrogen and oxygen atoms in total. The number of aromatic nitrogens is 2. The number of nitrogens with zero attached hydrogens (tertiary/aromatic N) is 2. The van der Waals surface area contributed by atoms with E-state index < -0.39 is 5.25 Å². The quantitative estimate of drug-likeness (QED) is 0.438. The number of benzene rings is 2. The van der Waals surface area contributed by atoms with Crippen LogP contribution in [0.4, 0.5) is 10.1 Å². The van der Waals surface area contributed by atoms with E-state index in [1.807, 2.05) is 30.3 Å². The minimum atomic E-state index is -0.639. The van der Waals surface area contributed by atoms with Crippen molar-refractivity contribution in [2.75, 3.05) is 5.32 Å². The second-order valence-electron chi connectivity index (χ2n) is 6.17. The van der Waals surface area contributed by atoms with Crippen LogP contribution in [0.3, 0.4) is 0 Å². The average Bonchev–Trinajstić information content (AvgIpc) is 3.37. The van der Waals surface area contributed by atoms with E-state index in [-0.39, 0.29) is 16.9 Å². The van der Waals surface area contributed by atoms with Crippen LogP contribution in [0.2, 0.25) is 0 Å². The van der Waals surface area contributed by atoms with E-state index in [0.29, 0.717) is 22.9 Å². The summed E-state index contributed by atoms with van der Waals surface area (Å²) in [6.07, 6.45) is 1.55. The molecule has 29 heavy (non-hydrogen) atoms. The van der Waals surface area contributed by atoms with Crippen molar-refractivity contribution < 1.29 is 18.0 Å². The van der Waals surface area contributed by atoms with Crippen LogP contribution in [0.5, 0.6) is 0 Å². The lowest BCUT2D eigenvalue weighted by atomic mass is 10.1. The van der Waals surface area contributed by atoms with E-state index in [2.05, 4.69) is 15.5 Å². The Bertz CT molecular complexity index is 1110. The van der Waals surface area contributed by atoms with Gasteiger partial charge in [-0.25, -0.2) is 4.39 Å². The molecular weight excluding hydrogens is 393 g/mol. The molecule has 0 aliphatic carbocycles. The van der Waals surface area contributed by atoms with Crippen molar-refractivity contribution in [3.8, 4) is 11.5 Å². The molecule has 0 aliphatic rings. The molecule has 2 aromatic carbocycles. The summed E-state index contributed by atoms with van der Waals surface area (Å²) in [6.45, 7) is 1.80. The first-order chi connectivity index (χ1) is 14.1. The predicted molar refractivity (Wildman–Crippen MR) is 107 cm³/mol. The molecule has 0 saturated heterocycles. The van der Waals surface area contributed by atoms with Crippen molar-refractivity contribution in [1.29, 1.82) is 0 Å². The van der Waals surface area contributed by atoms with Crippen LogP contribution in [0.15, 0.2) is 81.0 Å². The maximum atomic E-state index is 13.1. The largest absolute Gasteiger partial charge is 0.469 e. The Labute approximate surface area is 170 Å². The van der Waals surface area contributed by atoms with Crippen molar-refractivity contribution in [2.24, 2.45) is 0 Å². The van der Waals surface area contributed by atoms with Gasteiger partial charge in [0, 0.05) is 5.69 Å². The Hall–Kier alpha value is -3.39. The molecule has 2 heterocycles. The topological polar surface area (TPSA) is 81.2 Å². The smallest absolute Gasteiger partial charge is 0.277 e. The maximum absolute atomic E-state index is 13.1.